The normalized spacial score (nSPS) is 10.2. The highest BCUT2D eigenvalue weighted by atomic mass is 16.5. The number of rotatable bonds is 5. The summed E-state index contributed by atoms with van der Waals surface area (Å²) in [5, 5.41) is 7.47. The van der Waals surface area contributed by atoms with Crippen LogP contribution >= 0.6 is 0 Å². The summed E-state index contributed by atoms with van der Waals surface area (Å²) in [6, 6.07) is 3.75. The Kier molecular flexibility index (Phi) is 3.54. The number of aryl methyl sites for hydroxylation is 1. The Morgan fingerprint density at radius 2 is 2.29 bits per heavy atom. The number of methoxy groups -OCH3 is 1. The van der Waals surface area contributed by atoms with Gasteiger partial charge in [-0.1, -0.05) is 0 Å². The van der Waals surface area contributed by atoms with Crippen molar-refractivity contribution >= 4 is 5.69 Å². The maximum Gasteiger partial charge on any atom is 0.214 e. The smallest absolute Gasteiger partial charge is 0.214 e. The quantitative estimate of drug-likeness (QED) is 0.830. The first-order valence-corrected chi connectivity index (χ1v) is 5.36. The number of nitrogens with one attached hydrogen (secondary N) is 1. The predicted molar refractivity (Wildman–Crippen MR) is 64.0 cm³/mol. The summed E-state index contributed by atoms with van der Waals surface area (Å²) in [6.45, 7) is 0.775. The molecule has 0 bridgehead atoms. The number of anilines is 1. The highest BCUT2D eigenvalue weighted by Gasteiger charge is 1.99. The summed E-state index contributed by atoms with van der Waals surface area (Å²) >= 11 is 0. The Labute approximate surface area is 99.7 Å². The lowest BCUT2D eigenvalue weighted by Gasteiger charge is -2.05. The van der Waals surface area contributed by atoms with Crippen LogP contribution in [0.15, 0.2) is 24.7 Å². The monoisotopic (exact) mass is 233 g/mol. The minimum atomic E-state index is 0.603. The molecule has 90 valence electrons. The third-order valence-corrected chi connectivity index (χ3v) is 2.27. The van der Waals surface area contributed by atoms with Crippen LogP contribution in [-0.2, 0) is 13.5 Å². The van der Waals surface area contributed by atoms with Gasteiger partial charge in [0.25, 0.3) is 0 Å². The number of pyridine rings is 1. The fourth-order valence-corrected chi connectivity index (χ4v) is 1.45. The lowest BCUT2D eigenvalue weighted by Crippen LogP contribution is -2.06. The van der Waals surface area contributed by atoms with E-state index in [2.05, 4.69) is 20.4 Å². The lowest BCUT2D eigenvalue weighted by atomic mass is 10.3. The molecule has 0 amide bonds. The van der Waals surface area contributed by atoms with Gasteiger partial charge in [0.2, 0.25) is 5.88 Å². The number of hydrogen-bond donors (Lipinski definition) is 1. The summed E-state index contributed by atoms with van der Waals surface area (Å²) in [4.78, 5) is 8.19. The highest BCUT2D eigenvalue weighted by Crippen LogP contribution is 2.12. The lowest BCUT2D eigenvalue weighted by molar-refractivity contribution is 0.398. The van der Waals surface area contributed by atoms with Gasteiger partial charge < -0.3 is 10.1 Å². The van der Waals surface area contributed by atoms with Crippen molar-refractivity contribution in [2.24, 2.45) is 7.05 Å². The van der Waals surface area contributed by atoms with E-state index >= 15 is 0 Å². The van der Waals surface area contributed by atoms with E-state index in [1.165, 1.54) is 0 Å². The van der Waals surface area contributed by atoms with Gasteiger partial charge >= 0.3 is 0 Å². The molecule has 0 aliphatic rings. The van der Waals surface area contributed by atoms with E-state index in [4.69, 9.17) is 4.74 Å². The predicted octanol–water partition coefficient (Wildman–Crippen LogP) is 0.873. The SMILES string of the molecule is COc1cc(NCCc2ncn(C)n2)ccn1. The molecular formula is C11H15N5O. The van der Waals surface area contributed by atoms with E-state index < -0.39 is 0 Å². The minimum absolute atomic E-state index is 0.603. The van der Waals surface area contributed by atoms with Gasteiger partial charge in [0.05, 0.1) is 7.11 Å². The first kappa shape index (κ1) is 11.4. The number of ether oxygens (including phenoxy) is 1. The molecule has 0 radical (unpaired) electrons. The topological polar surface area (TPSA) is 64.9 Å². The molecule has 0 saturated carbocycles. The number of nitrogens with zero attached hydrogens (tertiary/aromatic N) is 4. The molecule has 6 heteroatoms. The van der Waals surface area contributed by atoms with Crippen molar-refractivity contribution in [1.82, 2.24) is 19.7 Å². The molecular weight excluding hydrogens is 218 g/mol. The van der Waals surface area contributed by atoms with E-state index in [1.54, 1.807) is 24.3 Å². The van der Waals surface area contributed by atoms with Gasteiger partial charge in [0.1, 0.15) is 6.33 Å². The summed E-state index contributed by atoms with van der Waals surface area (Å²) in [5.41, 5.74) is 0.979. The number of aromatic nitrogens is 4. The molecule has 2 aromatic heterocycles. The molecule has 0 unspecified atom stereocenters. The van der Waals surface area contributed by atoms with Crippen molar-refractivity contribution in [1.29, 1.82) is 0 Å². The van der Waals surface area contributed by atoms with Crippen LogP contribution in [0.25, 0.3) is 0 Å². The Morgan fingerprint density at radius 3 is 3.00 bits per heavy atom. The summed E-state index contributed by atoms with van der Waals surface area (Å²) < 4.78 is 6.74. The van der Waals surface area contributed by atoms with Crippen LogP contribution in [0.2, 0.25) is 0 Å². The van der Waals surface area contributed by atoms with Crippen molar-refractivity contribution in [3.05, 3.63) is 30.5 Å². The molecule has 2 heterocycles. The second kappa shape index (κ2) is 5.29. The highest BCUT2D eigenvalue weighted by molar-refractivity contribution is 5.44. The molecule has 0 fully saturated rings. The van der Waals surface area contributed by atoms with Crippen molar-refractivity contribution in [3.63, 3.8) is 0 Å². The Morgan fingerprint density at radius 1 is 1.41 bits per heavy atom. The zero-order chi connectivity index (χ0) is 12.1. The van der Waals surface area contributed by atoms with Crippen LogP contribution in [0.5, 0.6) is 5.88 Å². The zero-order valence-corrected chi connectivity index (χ0v) is 9.92. The van der Waals surface area contributed by atoms with Gasteiger partial charge in [-0.2, -0.15) is 5.10 Å². The molecule has 0 saturated heterocycles. The standard InChI is InChI=1S/C11H15N5O/c1-16-8-14-10(15-16)4-6-12-9-3-5-13-11(7-9)17-2/h3,5,7-8H,4,6H2,1-2H3,(H,12,13). The second-order valence-corrected chi connectivity index (χ2v) is 3.60. The molecule has 0 aliphatic carbocycles. The molecule has 0 spiro atoms. The molecule has 0 atom stereocenters. The summed E-state index contributed by atoms with van der Waals surface area (Å²) in [6.07, 6.45) is 4.19. The van der Waals surface area contributed by atoms with Crippen LogP contribution in [-0.4, -0.2) is 33.4 Å². The van der Waals surface area contributed by atoms with Gasteiger partial charge in [0.15, 0.2) is 5.82 Å². The molecule has 1 N–H and O–H groups in total. The average Bonchev–Trinajstić information content (AvgIpc) is 2.75. The van der Waals surface area contributed by atoms with E-state index in [9.17, 15) is 0 Å². The Hall–Kier alpha value is -2.11. The molecule has 17 heavy (non-hydrogen) atoms. The maximum absolute atomic E-state index is 5.04. The van der Waals surface area contributed by atoms with Crippen molar-refractivity contribution in [2.75, 3.05) is 19.0 Å². The molecule has 0 aromatic carbocycles. The van der Waals surface area contributed by atoms with E-state index in [1.807, 2.05) is 19.2 Å². The fraction of sp³-hybridized carbons (Fsp3) is 0.364. The van der Waals surface area contributed by atoms with Crippen LogP contribution in [0.1, 0.15) is 5.82 Å². The van der Waals surface area contributed by atoms with Crippen LogP contribution in [0.4, 0.5) is 5.69 Å². The first-order chi connectivity index (χ1) is 8.28. The molecule has 0 aliphatic heterocycles. The minimum Gasteiger partial charge on any atom is -0.481 e. The van der Waals surface area contributed by atoms with Crippen molar-refractivity contribution in [2.45, 2.75) is 6.42 Å². The summed E-state index contributed by atoms with van der Waals surface area (Å²) in [7, 11) is 3.46. The summed E-state index contributed by atoms with van der Waals surface area (Å²) in [5.74, 6) is 1.44. The third kappa shape index (κ3) is 3.17. The van der Waals surface area contributed by atoms with Gasteiger partial charge in [-0.05, 0) is 6.07 Å². The van der Waals surface area contributed by atoms with Crippen LogP contribution < -0.4 is 10.1 Å². The third-order valence-electron chi connectivity index (χ3n) is 2.27. The Balaban J connectivity index is 1.85. The zero-order valence-electron chi connectivity index (χ0n) is 9.92. The first-order valence-electron chi connectivity index (χ1n) is 5.36. The van der Waals surface area contributed by atoms with Crippen molar-refractivity contribution in [3.8, 4) is 5.88 Å². The van der Waals surface area contributed by atoms with Crippen molar-refractivity contribution < 1.29 is 4.74 Å². The van der Waals surface area contributed by atoms with Gasteiger partial charge in [0, 0.05) is 38.0 Å². The van der Waals surface area contributed by atoms with Crippen LogP contribution in [0.3, 0.4) is 0 Å². The molecule has 2 aromatic rings. The maximum atomic E-state index is 5.04. The fourth-order valence-electron chi connectivity index (χ4n) is 1.45. The largest absolute Gasteiger partial charge is 0.481 e. The van der Waals surface area contributed by atoms with E-state index in [-0.39, 0.29) is 0 Å². The average molecular weight is 233 g/mol. The molecule has 2 rings (SSSR count). The number of hydrogen-bond acceptors (Lipinski definition) is 5. The van der Waals surface area contributed by atoms with Gasteiger partial charge in [-0.25, -0.2) is 9.97 Å². The van der Waals surface area contributed by atoms with Gasteiger partial charge in [-0.15, -0.1) is 0 Å². The Bertz CT molecular complexity index is 482. The van der Waals surface area contributed by atoms with Gasteiger partial charge in [-0.3, -0.25) is 4.68 Å². The van der Waals surface area contributed by atoms with Crippen LogP contribution in [0, 0.1) is 0 Å². The van der Waals surface area contributed by atoms with E-state index in [0.717, 1.165) is 24.5 Å². The second-order valence-electron chi connectivity index (χ2n) is 3.60. The van der Waals surface area contributed by atoms with E-state index in [0.29, 0.717) is 5.88 Å². The molecule has 6 nitrogen and oxygen atoms in total.